The first-order valence-corrected chi connectivity index (χ1v) is 13.7. The molecule has 0 unspecified atom stereocenters. The molecule has 1 aliphatic rings. The van der Waals surface area contributed by atoms with Crippen molar-refractivity contribution in [2.75, 3.05) is 5.32 Å². The second-order valence-corrected chi connectivity index (χ2v) is 10.9. The van der Waals surface area contributed by atoms with Crippen molar-refractivity contribution in [2.45, 2.75) is 38.6 Å². The van der Waals surface area contributed by atoms with Gasteiger partial charge in [0, 0.05) is 23.0 Å². The van der Waals surface area contributed by atoms with Crippen molar-refractivity contribution in [3.8, 4) is 11.1 Å². The maximum atomic E-state index is 13.6. The molecule has 1 fully saturated rings. The number of rotatable bonds is 6. The van der Waals surface area contributed by atoms with Crippen molar-refractivity contribution >= 4 is 49.4 Å². The van der Waals surface area contributed by atoms with Gasteiger partial charge in [-0.05, 0) is 72.9 Å². The predicted octanol–water partition coefficient (Wildman–Crippen LogP) is 7.20. The second kappa shape index (κ2) is 10.0. The highest BCUT2D eigenvalue weighted by molar-refractivity contribution is 7.22. The van der Waals surface area contributed by atoms with Crippen LogP contribution in [0, 0.1) is 11.7 Å². The van der Waals surface area contributed by atoms with Crippen molar-refractivity contribution in [3.63, 3.8) is 0 Å². The maximum absolute atomic E-state index is 13.6. The molecule has 38 heavy (non-hydrogen) atoms. The summed E-state index contributed by atoms with van der Waals surface area (Å²) in [6.45, 7) is 1.83. The summed E-state index contributed by atoms with van der Waals surface area (Å²) in [7, 11) is 0. The van der Waals surface area contributed by atoms with Gasteiger partial charge < -0.3 is 15.6 Å². The van der Waals surface area contributed by atoms with Crippen LogP contribution >= 0.6 is 11.3 Å². The molecule has 0 aliphatic heterocycles. The summed E-state index contributed by atoms with van der Waals surface area (Å²) >= 11 is 1.47. The minimum absolute atomic E-state index is 0.0669. The number of fused-ring (bicyclic) bond motifs is 2. The zero-order valence-corrected chi connectivity index (χ0v) is 21.7. The van der Waals surface area contributed by atoms with Crippen molar-refractivity contribution in [2.24, 2.45) is 5.92 Å². The molecule has 1 aliphatic carbocycles. The lowest BCUT2D eigenvalue weighted by Gasteiger charge is -2.14. The van der Waals surface area contributed by atoms with E-state index in [4.69, 9.17) is 0 Å². The Morgan fingerprint density at radius 1 is 1.05 bits per heavy atom. The van der Waals surface area contributed by atoms with Gasteiger partial charge in [0.15, 0.2) is 5.13 Å². The summed E-state index contributed by atoms with van der Waals surface area (Å²) in [6, 6.07) is 17.9. The van der Waals surface area contributed by atoms with E-state index in [1.165, 1.54) is 23.5 Å². The van der Waals surface area contributed by atoms with Crippen molar-refractivity contribution in [3.05, 3.63) is 83.8 Å². The van der Waals surface area contributed by atoms with Gasteiger partial charge in [-0.15, -0.1) is 0 Å². The van der Waals surface area contributed by atoms with Crippen LogP contribution in [0.1, 0.15) is 54.6 Å². The van der Waals surface area contributed by atoms with E-state index in [0.717, 1.165) is 57.9 Å². The maximum Gasteiger partial charge on any atom is 0.253 e. The zero-order chi connectivity index (χ0) is 26.2. The van der Waals surface area contributed by atoms with Crippen molar-refractivity contribution < 1.29 is 14.0 Å². The highest BCUT2D eigenvalue weighted by Crippen LogP contribution is 2.33. The lowest BCUT2D eigenvalue weighted by molar-refractivity contribution is -0.119. The molecule has 0 spiro atoms. The molecule has 2 heterocycles. The fourth-order valence-corrected chi connectivity index (χ4v) is 6.08. The summed E-state index contributed by atoms with van der Waals surface area (Å²) in [5.74, 6) is -0.404. The number of nitrogens with one attached hydrogen (secondary N) is 3. The van der Waals surface area contributed by atoms with Gasteiger partial charge in [-0.3, -0.25) is 9.59 Å². The van der Waals surface area contributed by atoms with Crippen LogP contribution in [-0.2, 0) is 4.79 Å². The van der Waals surface area contributed by atoms with Crippen LogP contribution in [0.2, 0.25) is 0 Å². The second-order valence-electron chi connectivity index (χ2n) is 9.89. The van der Waals surface area contributed by atoms with Crippen LogP contribution in [-0.4, -0.2) is 21.8 Å². The van der Waals surface area contributed by atoms with Crippen molar-refractivity contribution in [1.82, 2.24) is 15.3 Å². The number of H-pyrrole nitrogens is 1. The molecule has 0 saturated heterocycles. The number of hydrogen-bond donors (Lipinski definition) is 3. The highest BCUT2D eigenvalue weighted by Gasteiger charge is 2.23. The molecular formula is C30H27FN4O2S. The third-order valence-electron chi connectivity index (χ3n) is 7.30. The van der Waals surface area contributed by atoms with E-state index >= 15 is 0 Å². The summed E-state index contributed by atoms with van der Waals surface area (Å²) in [5, 5.41) is 7.41. The van der Waals surface area contributed by atoms with E-state index < -0.39 is 0 Å². The zero-order valence-electron chi connectivity index (χ0n) is 20.9. The molecule has 2 aromatic heterocycles. The lowest BCUT2D eigenvalue weighted by atomic mass is 10.0. The molecule has 1 atom stereocenters. The summed E-state index contributed by atoms with van der Waals surface area (Å²) < 4.78 is 14.6. The molecule has 1 saturated carbocycles. The Labute approximate surface area is 223 Å². The topological polar surface area (TPSA) is 86.9 Å². The SMILES string of the molecule is C[C@H](NC(=O)c1c[nH]c2ccc(-c3ccc4nc(NC(=O)C5CCCC5)sc4c3)cc12)c1cccc(F)c1. The van der Waals surface area contributed by atoms with E-state index in [1.54, 1.807) is 18.3 Å². The summed E-state index contributed by atoms with van der Waals surface area (Å²) in [6.07, 6.45) is 5.83. The van der Waals surface area contributed by atoms with Crippen molar-refractivity contribution in [1.29, 1.82) is 0 Å². The number of nitrogens with zero attached hydrogens (tertiary/aromatic N) is 1. The predicted molar refractivity (Wildman–Crippen MR) is 150 cm³/mol. The number of carbonyl (C=O) groups excluding carboxylic acids is 2. The number of carbonyl (C=O) groups is 2. The Morgan fingerprint density at radius 2 is 1.84 bits per heavy atom. The number of anilines is 1. The van der Waals surface area contributed by atoms with Crippen LogP contribution in [0.3, 0.4) is 0 Å². The number of aromatic nitrogens is 2. The fraction of sp³-hybridized carbons (Fsp3) is 0.233. The summed E-state index contributed by atoms with van der Waals surface area (Å²) in [5.41, 5.74) is 4.90. The molecule has 3 N–H and O–H groups in total. The van der Waals surface area contributed by atoms with Gasteiger partial charge >= 0.3 is 0 Å². The Morgan fingerprint density at radius 3 is 2.66 bits per heavy atom. The third kappa shape index (κ3) is 4.79. The number of hydrogen-bond acceptors (Lipinski definition) is 4. The smallest absolute Gasteiger partial charge is 0.253 e. The monoisotopic (exact) mass is 526 g/mol. The first kappa shape index (κ1) is 24.3. The highest BCUT2D eigenvalue weighted by atomic mass is 32.1. The molecule has 192 valence electrons. The number of amides is 2. The first-order chi connectivity index (χ1) is 18.4. The lowest BCUT2D eigenvalue weighted by Crippen LogP contribution is -2.26. The molecule has 8 heteroatoms. The fourth-order valence-electron chi connectivity index (χ4n) is 5.17. The van der Waals surface area contributed by atoms with Gasteiger partial charge in [-0.2, -0.15) is 0 Å². The molecule has 6 rings (SSSR count). The third-order valence-corrected chi connectivity index (χ3v) is 8.23. The first-order valence-electron chi connectivity index (χ1n) is 12.8. The standard InChI is InChI=1S/C30H27FN4O2S/c1-17(19-7-4-8-22(31)13-19)33-29(37)24-16-32-25-11-9-20(14-23(24)25)21-10-12-26-27(15-21)38-30(34-26)35-28(36)18-5-2-3-6-18/h4,7-18,32H,2-3,5-6H2,1H3,(H,33,37)(H,34,35,36)/t17-/m0/s1. The van der Waals surface area contributed by atoms with E-state index in [9.17, 15) is 14.0 Å². The minimum Gasteiger partial charge on any atom is -0.360 e. The van der Waals surface area contributed by atoms with Crippen LogP contribution in [0.15, 0.2) is 66.9 Å². The van der Waals surface area contributed by atoms with Gasteiger partial charge in [0.1, 0.15) is 5.82 Å². The van der Waals surface area contributed by atoms with Gasteiger partial charge in [0.05, 0.1) is 21.8 Å². The normalized spacial score (nSPS) is 14.7. The Bertz CT molecular complexity index is 1670. The minimum atomic E-state index is -0.344. The van der Waals surface area contributed by atoms with Gasteiger partial charge in [-0.25, -0.2) is 9.37 Å². The molecule has 5 aromatic rings. The average molecular weight is 527 g/mol. The number of benzene rings is 3. The van der Waals surface area contributed by atoms with Crippen LogP contribution in [0.4, 0.5) is 9.52 Å². The van der Waals surface area contributed by atoms with Crippen LogP contribution < -0.4 is 10.6 Å². The molecular weight excluding hydrogens is 499 g/mol. The Kier molecular flexibility index (Phi) is 6.41. The largest absolute Gasteiger partial charge is 0.360 e. The van der Waals surface area contributed by atoms with Gasteiger partial charge in [0.2, 0.25) is 5.91 Å². The van der Waals surface area contributed by atoms with Gasteiger partial charge in [-0.1, -0.05) is 48.4 Å². The van der Waals surface area contributed by atoms with Crippen LogP contribution in [0.25, 0.3) is 32.2 Å². The molecule has 3 aromatic carbocycles. The molecule has 0 bridgehead atoms. The molecule has 2 amide bonds. The number of aromatic amines is 1. The number of thiazole rings is 1. The molecule has 0 radical (unpaired) electrons. The van der Waals surface area contributed by atoms with E-state index in [2.05, 4.69) is 26.7 Å². The Hall–Kier alpha value is -4.04. The van der Waals surface area contributed by atoms with Gasteiger partial charge in [0.25, 0.3) is 5.91 Å². The average Bonchev–Trinajstić information content (AvgIpc) is 3.67. The van der Waals surface area contributed by atoms with Crippen LogP contribution in [0.5, 0.6) is 0 Å². The quantitative estimate of drug-likeness (QED) is 0.219. The van der Waals surface area contributed by atoms with E-state index in [1.807, 2.05) is 37.3 Å². The van der Waals surface area contributed by atoms with E-state index in [0.29, 0.717) is 16.3 Å². The van der Waals surface area contributed by atoms with E-state index in [-0.39, 0.29) is 29.6 Å². The molecule has 6 nitrogen and oxygen atoms in total. The Balaban J connectivity index is 1.24. The number of halogens is 1. The summed E-state index contributed by atoms with van der Waals surface area (Å²) in [4.78, 5) is 33.4.